The third-order valence-electron chi connectivity index (χ3n) is 17.3. The molecule has 103 heavy (non-hydrogen) atoms. The molecule has 31 atom stereocenters. The smallest absolute Gasteiger partial charge is 0.364 e. The van der Waals surface area contributed by atoms with Gasteiger partial charge >= 0.3 is 11.7 Å². The molecule has 12 unspecified atom stereocenters. The number of hydrogen-bond donors (Lipinski definition) is 20. The SMILES string of the molecule is CC(=O)N[C@H]1C(O)[C@H](O)C(CO)O[C@@H]1O[C@@H]1C(OC=O)O[C@@H](O[C@@H]2C(CO)O[C@H](O[C@@H]3C(OC=O)O[C@@H](OCCNC(=O)c4ccc(CCC[C@@H](O)[C@@H](O)C5O[C@](OP(=O)([O-])OC[C@H]6O[C@@H](n7ccc(N)nc7=O)[C@@H](O)C6O)(C(=O)O)CC(O)[C@H]5O)cc4)[C@@H](O)C3O)[C@@H](NC(C)=O)C2O)[C@@H](O)C1O. The van der Waals surface area contributed by atoms with E-state index >= 15 is 0 Å². The molecule has 1 aromatic carbocycles. The first-order chi connectivity index (χ1) is 48.7. The molecular weight excluding hydrogens is 1420 g/mol. The first-order valence-electron chi connectivity index (χ1n) is 31.6. The number of carboxylic acids is 1. The van der Waals surface area contributed by atoms with Crippen LogP contribution in [0.1, 0.15) is 55.3 Å². The van der Waals surface area contributed by atoms with E-state index in [4.69, 9.17) is 71.6 Å². The number of anilines is 1. The van der Waals surface area contributed by atoms with Crippen molar-refractivity contribution in [3.8, 4) is 0 Å². The maximum Gasteiger partial charge on any atom is 0.364 e. The van der Waals surface area contributed by atoms with Gasteiger partial charge in [0.1, 0.15) is 116 Å². The van der Waals surface area contributed by atoms with Crippen molar-refractivity contribution in [3.05, 3.63) is 58.1 Å². The number of aromatic nitrogens is 2. The molecule has 45 nitrogen and oxygen atoms in total. The van der Waals surface area contributed by atoms with Gasteiger partial charge in [-0.1, -0.05) is 12.1 Å². The van der Waals surface area contributed by atoms with Gasteiger partial charge in [0.15, 0.2) is 43.6 Å². The van der Waals surface area contributed by atoms with Crippen LogP contribution in [-0.2, 0) is 101 Å². The van der Waals surface area contributed by atoms with Crippen molar-refractivity contribution in [2.75, 3.05) is 38.7 Å². The molecule has 0 bridgehead atoms. The fourth-order valence-electron chi connectivity index (χ4n) is 12.0. The highest BCUT2D eigenvalue weighted by Crippen LogP contribution is 2.49. The molecular formula is C57H82N6O39P-. The summed E-state index contributed by atoms with van der Waals surface area (Å²) >= 11 is 0. The van der Waals surface area contributed by atoms with E-state index in [9.17, 15) is 125 Å². The number of nitrogens with one attached hydrogen (secondary N) is 3. The maximum absolute atomic E-state index is 13.1. The van der Waals surface area contributed by atoms with Gasteiger partial charge in [0.05, 0.1) is 38.6 Å². The summed E-state index contributed by atoms with van der Waals surface area (Å²) in [4.78, 5) is 103. The lowest BCUT2D eigenvalue weighted by molar-refractivity contribution is -0.398. The number of hydrogen-bond acceptors (Lipinski definition) is 40. The van der Waals surface area contributed by atoms with E-state index < -0.39 is 254 Å². The fraction of sp³-hybridized carbons (Fsp3) is 0.719. The number of amides is 3. The first kappa shape index (κ1) is 82.5. The van der Waals surface area contributed by atoms with E-state index in [1.807, 2.05) is 0 Å². The summed E-state index contributed by atoms with van der Waals surface area (Å²) in [6, 6.07) is 3.61. The zero-order valence-corrected chi connectivity index (χ0v) is 55.1. The molecule has 580 valence electrons. The first-order valence-corrected chi connectivity index (χ1v) is 33.1. The van der Waals surface area contributed by atoms with Crippen molar-refractivity contribution >= 4 is 50.3 Å². The Kier molecular flexibility index (Phi) is 28.8. The number of carboxylic acid groups (broad SMARTS) is 1. The zero-order valence-electron chi connectivity index (χ0n) is 54.2. The van der Waals surface area contributed by atoms with Crippen LogP contribution in [0.5, 0.6) is 0 Å². The van der Waals surface area contributed by atoms with Crippen LogP contribution in [0, 0.1) is 0 Å². The molecule has 0 saturated carbocycles. The number of nitrogens with zero attached hydrogens (tertiary/aromatic N) is 2. The van der Waals surface area contributed by atoms with Gasteiger partial charge in [0.25, 0.3) is 32.5 Å². The number of nitrogen functional groups attached to an aromatic ring is 1. The number of carbonyl (C=O) groups is 6. The lowest BCUT2D eigenvalue weighted by Crippen LogP contribution is -2.70. The topological polar surface area (TPSA) is 692 Å². The second kappa shape index (κ2) is 35.9. The number of aliphatic carboxylic acids is 1. The van der Waals surface area contributed by atoms with Gasteiger partial charge in [-0.2, -0.15) is 4.98 Å². The van der Waals surface area contributed by atoms with E-state index in [1.54, 1.807) is 0 Å². The number of benzene rings is 1. The quantitative estimate of drug-likeness (QED) is 0.0184. The van der Waals surface area contributed by atoms with Crippen LogP contribution in [0.3, 0.4) is 0 Å². The predicted octanol–water partition coefficient (Wildman–Crippen LogP) is -12.4. The molecule has 6 saturated heterocycles. The molecule has 8 rings (SSSR count). The van der Waals surface area contributed by atoms with Crippen LogP contribution < -0.4 is 32.3 Å². The number of ether oxygens (including phenoxy) is 12. The van der Waals surface area contributed by atoms with Gasteiger partial charge in [-0.15, -0.1) is 0 Å². The number of phosphoric ester groups is 1. The third-order valence-corrected chi connectivity index (χ3v) is 18.3. The van der Waals surface area contributed by atoms with E-state index in [2.05, 4.69) is 20.9 Å². The molecule has 3 amide bonds. The Morgan fingerprint density at radius 2 is 1.25 bits per heavy atom. The van der Waals surface area contributed by atoms with Crippen molar-refractivity contribution in [1.29, 1.82) is 0 Å². The van der Waals surface area contributed by atoms with Crippen LogP contribution in [-0.4, -0.2) is 339 Å². The Morgan fingerprint density at radius 3 is 1.82 bits per heavy atom. The molecule has 2 aromatic rings. The summed E-state index contributed by atoms with van der Waals surface area (Å²) in [5, 5.41) is 180. The minimum absolute atomic E-state index is 0.0651. The van der Waals surface area contributed by atoms with Crippen LogP contribution in [0.4, 0.5) is 5.82 Å². The van der Waals surface area contributed by atoms with Crippen molar-refractivity contribution in [2.45, 2.75) is 223 Å². The van der Waals surface area contributed by atoms with E-state index in [0.29, 0.717) is 5.56 Å². The molecule has 7 heterocycles. The van der Waals surface area contributed by atoms with Crippen LogP contribution >= 0.6 is 7.82 Å². The second-order valence-electron chi connectivity index (χ2n) is 24.4. The molecule has 46 heteroatoms. The van der Waals surface area contributed by atoms with Gasteiger partial charge in [0.2, 0.25) is 24.4 Å². The number of phosphoric acid groups is 1. The Balaban J connectivity index is 0.799. The zero-order chi connectivity index (χ0) is 75.7. The van der Waals surface area contributed by atoms with Gasteiger partial charge in [-0.3, -0.25) is 37.6 Å². The van der Waals surface area contributed by atoms with Crippen molar-refractivity contribution in [2.24, 2.45) is 0 Å². The summed E-state index contributed by atoms with van der Waals surface area (Å²) in [6.07, 6.45) is -53.1. The monoisotopic (exact) mass is 1510 g/mol. The van der Waals surface area contributed by atoms with Crippen molar-refractivity contribution in [3.63, 3.8) is 0 Å². The molecule has 6 fully saturated rings. The molecule has 0 aliphatic carbocycles. The molecule has 21 N–H and O–H groups in total. The van der Waals surface area contributed by atoms with E-state index in [0.717, 1.165) is 30.7 Å². The second-order valence-corrected chi connectivity index (χ2v) is 25.8. The number of carbonyl (C=O) groups excluding carboxylic acids is 5. The van der Waals surface area contributed by atoms with Crippen LogP contribution in [0.25, 0.3) is 0 Å². The highest BCUT2D eigenvalue weighted by atomic mass is 31.2. The largest absolute Gasteiger partial charge is 0.756 e. The summed E-state index contributed by atoms with van der Waals surface area (Å²) in [7, 11) is -5.91. The highest BCUT2D eigenvalue weighted by Gasteiger charge is 2.60. The van der Waals surface area contributed by atoms with Crippen LogP contribution in [0.2, 0.25) is 0 Å². The van der Waals surface area contributed by atoms with Crippen molar-refractivity contribution in [1.82, 2.24) is 25.5 Å². The lowest BCUT2D eigenvalue weighted by Gasteiger charge is -2.49. The summed E-state index contributed by atoms with van der Waals surface area (Å²) in [5.41, 5.74) is 5.14. The normalized spacial score (nSPS) is 38.8. The predicted molar refractivity (Wildman–Crippen MR) is 320 cm³/mol. The number of rotatable bonds is 32. The minimum Gasteiger partial charge on any atom is -0.756 e. The van der Waals surface area contributed by atoms with Gasteiger partial charge in [-0.05, 0) is 43.0 Å². The van der Waals surface area contributed by atoms with Crippen LogP contribution in [0.15, 0.2) is 41.3 Å². The Bertz CT molecular complexity index is 3280. The highest BCUT2D eigenvalue weighted by molar-refractivity contribution is 7.46. The maximum atomic E-state index is 13.1. The Labute approximate surface area is 580 Å². The molecule has 1 aromatic heterocycles. The molecule has 0 radical (unpaired) electrons. The molecule has 6 aliphatic heterocycles. The average Bonchev–Trinajstić information content (AvgIpc) is 1.39. The average molecular weight is 1510 g/mol. The summed E-state index contributed by atoms with van der Waals surface area (Å²) < 4.78 is 89.6. The van der Waals surface area contributed by atoms with E-state index in [-0.39, 0.29) is 50.1 Å². The van der Waals surface area contributed by atoms with Crippen molar-refractivity contribution < 1.29 is 186 Å². The standard InChI is InChI=1S/C57H83N6O39P/c1-20(68)60-30-36(76)34(74)26(15-64)94-49(30)97-46-39(79)42(82)52(100-54(46)91-19-67)96-43-27(16-65)95-50(31(37(43)77)61-21(2)69)98-45-38(78)41(81)51(99-53(45)90-18-66)89-13-11-59-47(83)23-8-6-22(7-9-23)4-3-5-24(70)32(72)44-33(73)25(71)14-57(101-44,55(84)85)102-103(87,88)92-17-28-35(75)40(80)48(93-28)63-12-10-29(58)62-56(63)86/h6-10,12,18-19,24-28,30-46,48-54,64-65,70-82H,3-5,11,13-17H2,1-2H3,(H,59,83)(H,60,68)(H,61,69)(H,84,85)(H,87,88)(H2,58,62,86)/p-1/t24-,25?,26?,27?,28-,30+,31+,32-,33-,34-,35?,36?,37?,38?,39?,40+,41+,42+,43-,44?,45+,46+,48-,49-,50-,51-,52-,53?,54?,57-/m1/s1. The number of aryl methyl sites for hydroxylation is 1. The van der Waals surface area contributed by atoms with E-state index in [1.165, 1.54) is 24.3 Å². The number of nitrogens with two attached hydrogens (primary N) is 1. The summed E-state index contributed by atoms with van der Waals surface area (Å²) in [5.74, 6) is -8.07. The third kappa shape index (κ3) is 19.5. The molecule has 0 spiro atoms. The fourth-order valence-corrected chi connectivity index (χ4v) is 12.9. The molecule has 6 aliphatic rings. The minimum atomic E-state index is -5.91. The lowest BCUT2D eigenvalue weighted by atomic mass is 9.89. The Morgan fingerprint density at radius 1 is 0.699 bits per heavy atom. The summed E-state index contributed by atoms with van der Waals surface area (Å²) in [6.45, 7) is -2.15. The number of aliphatic hydroxyl groups excluding tert-OH is 15. The van der Waals surface area contributed by atoms with Gasteiger partial charge in [-0.25, -0.2) is 9.59 Å². The van der Waals surface area contributed by atoms with Gasteiger partial charge in [0, 0.05) is 38.6 Å². The van der Waals surface area contributed by atoms with Gasteiger partial charge < -0.3 is 170 Å². The Hall–Kier alpha value is -6.17. The number of aliphatic hydroxyl groups is 15.